The van der Waals surface area contributed by atoms with Crippen LogP contribution in [-0.2, 0) is 17.7 Å². The van der Waals surface area contributed by atoms with Gasteiger partial charge in [0.25, 0.3) is 0 Å². The predicted octanol–water partition coefficient (Wildman–Crippen LogP) is 0.853. The number of rotatable bonds is 2. The van der Waals surface area contributed by atoms with Crippen LogP contribution in [0.1, 0.15) is 12.5 Å². The first-order chi connectivity index (χ1) is 6.35. The lowest BCUT2D eigenvalue weighted by Gasteiger charge is -2.23. The number of aryl methyl sites for hydroxylation is 1. The van der Waals surface area contributed by atoms with Crippen molar-refractivity contribution in [3.05, 3.63) is 11.8 Å². The Morgan fingerprint density at radius 3 is 3.31 bits per heavy atom. The van der Waals surface area contributed by atoms with Crippen molar-refractivity contribution in [2.75, 3.05) is 13.7 Å². The Labute approximate surface area is 77.4 Å². The fraction of sp³-hybridized carbons (Fsp3) is 0.667. The number of hydrogen-bond acceptors (Lipinski definition) is 3. The van der Waals surface area contributed by atoms with Crippen molar-refractivity contribution in [1.82, 2.24) is 9.78 Å². The fourth-order valence-electron chi connectivity index (χ4n) is 1.51. The molecule has 0 spiro atoms. The van der Waals surface area contributed by atoms with Crippen molar-refractivity contribution in [3.63, 3.8) is 0 Å². The molecule has 1 aromatic heterocycles. The summed E-state index contributed by atoms with van der Waals surface area (Å²) in [7, 11) is 1.70. The SMILES string of the molecule is CCc1cnn2c1OC[C@@H](OC)C2. The number of hydrogen-bond donors (Lipinski definition) is 0. The van der Waals surface area contributed by atoms with Gasteiger partial charge in [0.1, 0.15) is 12.7 Å². The Morgan fingerprint density at radius 1 is 1.77 bits per heavy atom. The summed E-state index contributed by atoms with van der Waals surface area (Å²) in [5, 5.41) is 4.24. The Morgan fingerprint density at radius 2 is 2.62 bits per heavy atom. The molecule has 72 valence electrons. The van der Waals surface area contributed by atoms with Crippen molar-refractivity contribution >= 4 is 0 Å². The molecule has 0 N–H and O–H groups in total. The van der Waals surface area contributed by atoms with E-state index in [-0.39, 0.29) is 6.10 Å². The van der Waals surface area contributed by atoms with Gasteiger partial charge in [-0.3, -0.25) is 0 Å². The molecule has 2 rings (SSSR count). The van der Waals surface area contributed by atoms with Gasteiger partial charge in [-0.15, -0.1) is 0 Å². The van der Waals surface area contributed by atoms with Crippen LogP contribution >= 0.6 is 0 Å². The van der Waals surface area contributed by atoms with E-state index in [2.05, 4.69) is 12.0 Å². The van der Waals surface area contributed by atoms with Crippen LogP contribution in [0.25, 0.3) is 0 Å². The van der Waals surface area contributed by atoms with E-state index in [0.29, 0.717) is 6.61 Å². The number of methoxy groups -OCH3 is 1. The van der Waals surface area contributed by atoms with Gasteiger partial charge in [0.15, 0.2) is 0 Å². The number of ether oxygens (including phenoxy) is 2. The summed E-state index contributed by atoms with van der Waals surface area (Å²) in [5.74, 6) is 0.913. The van der Waals surface area contributed by atoms with E-state index in [1.165, 1.54) is 5.56 Å². The molecule has 1 aliphatic heterocycles. The zero-order valence-corrected chi connectivity index (χ0v) is 7.99. The maximum absolute atomic E-state index is 5.56. The van der Waals surface area contributed by atoms with E-state index in [0.717, 1.165) is 18.8 Å². The topological polar surface area (TPSA) is 36.3 Å². The molecule has 0 bridgehead atoms. The van der Waals surface area contributed by atoms with Crippen LogP contribution in [0.5, 0.6) is 5.88 Å². The molecule has 1 atom stereocenters. The molecule has 0 amide bonds. The fourth-order valence-corrected chi connectivity index (χ4v) is 1.51. The first-order valence-corrected chi connectivity index (χ1v) is 4.55. The van der Waals surface area contributed by atoms with Crippen molar-refractivity contribution < 1.29 is 9.47 Å². The maximum atomic E-state index is 5.56. The van der Waals surface area contributed by atoms with Gasteiger partial charge in [0, 0.05) is 12.7 Å². The van der Waals surface area contributed by atoms with Gasteiger partial charge in [-0.1, -0.05) is 6.92 Å². The van der Waals surface area contributed by atoms with Gasteiger partial charge >= 0.3 is 0 Å². The van der Waals surface area contributed by atoms with Crippen molar-refractivity contribution in [2.45, 2.75) is 26.0 Å². The Bertz CT molecular complexity index is 296. The Kier molecular flexibility index (Phi) is 2.22. The third-order valence-corrected chi connectivity index (χ3v) is 2.36. The van der Waals surface area contributed by atoms with Gasteiger partial charge < -0.3 is 9.47 Å². The normalized spacial score (nSPS) is 20.9. The minimum Gasteiger partial charge on any atom is -0.475 e. The molecule has 0 aliphatic carbocycles. The van der Waals surface area contributed by atoms with Crippen LogP contribution < -0.4 is 4.74 Å². The lowest BCUT2D eigenvalue weighted by molar-refractivity contribution is 0.0175. The Hall–Kier alpha value is -1.03. The van der Waals surface area contributed by atoms with Gasteiger partial charge in [0.05, 0.1) is 12.7 Å². The molecule has 0 aromatic carbocycles. The van der Waals surface area contributed by atoms with E-state index >= 15 is 0 Å². The van der Waals surface area contributed by atoms with Gasteiger partial charge in [-0.25, -0.2) is 4.68 Å². The molecule has 0 fully saturated rings. The monoisotopic (exact) mass is 182 g/mol. The Balaban J connectivity index is 2.22. The third kappa shape index (κ3) is 1.42. The number of nitrogens with zero attached hydrogens (tertiary/aromatic N) is 2. The highest BCUT2D eigenvalue weighted by atomic mass is 16.5. The lowest BCUT2D eigenvalue weighted by Crippen LogP contribution is -2.32. The zero-order valence-electron chi connectivity index (χ0n) is 7.99. The van der Waals surface area contributed by atoms with Crippen LogP contribution in [0.2, 0.25) is 0 Å². The zero-order chi connectivity index (χ0) is 9.26. The van der Waals surface area contributed by atoms with Crippen LogP contribution in [0.3, 0.4) is 0 Å². The van der Waals surface area contributed by atoms with E-state index < -0.39 is 0 Å². The summed E-state index contributed by atoms with van der Waals surface area (Å²) in [6.07, 6.45) is 2.97. The van der Waals surface area contributed by atoms with E-state index in [9.17, 15) is 0 Å². The first-order valence-electron chi connectivity index (χ1n) is 4.55. The molecule has 0 saturated carbocycles. The van der Waals surface area contributed by atoms with Crippen molar-refractivity contribution in [1.29, 1.82) is 0 Å². The predicted molar refractivity (Wildman–Crippen MR) is 47.9 cm³/mol. The summed E-state index contributed by atoms with van der Waals surface area (Å²) in [5.41, 5.74) is 1.18. The van der Waals surface area contributed by atoms with E-state index in [1.807, 2.05) is 10.9 Å². The minimum atomic E-state index is 0.136. The first kappa shape index (κ1) is 8.56. The summed E-state index contributed by atoms with van der Waals surface area (Å²) in [6.45, 7) is 3.53. The average molecular weight is 182 g/mol. The molecule has 2 heterocycles. The van der Waals surface area contributed by atoms with Gasteiger partial charge in [-0.05, 0) is 6.42 Å². The number of fused-ring (bicyclic) bond motifs is 1. The van der Waals surface area contributed by atoms with E-state index in [1.54, 1.807) is 7.11 Å². The molecule has 13 heavy (non-hydrogen) atoms. The highest BCUT2D eigenvalue weighted by Crippen LogP contribution is 2.23. The summed E-state index contributed by atoms with van der Waals surface area (Å²) in [6, 6.07) is 0. The van der Waals surface area contributed by atoms with Crippen LogP contribution in [0.4, 0.5) is 0 Å². The molecule has 0 unspecified atom stereocenters. The molecule has 0 radical (unpaired) electrons. The molecule has 4 nitrogen and oxygen atoms in total. The largest absolute Gasteiger partial charge is 0.475 e. The van der Waals surface area contributed by atoms with Crippen molar-refractivity contribution in [3.8, 4) is 5.88 Å². The molecular formula is C9H14N2O2. The second-order valence-corrected chi connectivity index (χ2v) is 3.18. The molecule has 4 heteroatoms. The average Bonchev–Trinajstić information content (AvgIpc) is 2.59. The second-order valence-electron chi connectivity index (χ2n) is 3.18. The van der Waals surface area contributed by atoms with Crippen molar-refractivity contribution in [2.24, 2.45) is 0 Å². The standard InChI is InChI=1S/C9H14N2O2/c1-3-7-4-10-11-5-8(12-2)6-13-9(7)11/h4,8H,3,5-6H2,1-2H3/t8-/m0/s1. The highest BCUT2D eigenvalue weighted by Gasteiger charge is 2.21. The van der Waals surface area contributed by atoms with Crippen LogP contribution in [0.15, 0.2) is 6.20 Å². The summed E-state index contributed by atoms with van der Waals surface area (Å²) in [4.78, 5) is 0. The molecule has 1 aromatic rings. The maximum Gasteiger partial charge on any atom is 0.215 e. The van der Waals surface area contributed by atoms with Gasteiger partial charge in [-0.2, -0.15) is 5.10 Å². The van der Waals surface area contributed by atoms with Crippen LogP contribution in [0, 0.1) is 0 Å². The minimum absolute atomic E-state index is 0.136. The summed E-state index contributed by atoms with van der Waals surface area (Å²) >= 11 is 0. The highest BCUT2D eigenvalue weighted by molar-refractivity contribution is 5.25. The second kappa shape index (κ2) is 3.38. The quantitative estimate of drug-likeness (QED) is 0.680. The lowest BCUT2D eigenvalue weighted by atomic mass is 10.2. The smallest absolute Gasteiger partial charge is 0.215 e. The van der Waals surface area contributed by atoms with Gasteiger partial charge in [0.2, 0.25) is 5.88 Å². The third-order valence-electron chi connectivity index (χ3n) is 2.36. The van der Waals surface area contributed by atoms with Crippen LogP contribution in [-0.4, -0.2) is 29.6 Å². The molecule has 0 saturated heterocycles. The molecular weight excluding hydrogens is 168 g/mol. The number of aromatic nitrogens is 2. The summed E-state index contributed by atoms with van der Waals surface area (Å²) < 4.78 is 12.6. The molecule has 1 aliphatic rings. The van der Waals surface area contributed by atoms with E-state index in [4.69, 9.17) is 9.47 Å².